The van der Waals surface area contributed by atoms with Crippen molar-refractivity contribution in [2.45, 2.75) is 18.8 Å². The van der Waals surface area contributed by atoms with Crippen molar-refractivity contribution in [2.24, 2.45) is 5.92 Å². The molecule has 4 rings (SSSR count). The van der Waals surface area contributed by atoms with Crippen LogP contribution in [0.15, 0.2) is 60.7 Å². The van der Waals surface area contributed by atoms with E-state index in [1.165, 1.54) is 0 Å². The molecule has 1 aliphatic heterocycles. The second-order valence-electron chi connectivity index (χ2n) is 8.27. The molecule has 3 aromatic carbocycles. The van der Waals surface area contributed by atoms with Gasteiger partial charge in [-0.05, 0) is 53.4 Å². The third-order valence-corrected chi connectivity index (χ3v) is 6.57. The van der Waals surface area contributed by atoms with Crippen molar-refractivity contribution >= 4 is 5.97 Å². The van der Waals surface area contributed by atoms with Crippen LogP contribution < -0.4 is 23.7 Å². The number of carbonyl (C=O) groups is 1. The molecule has 0 saturated heterocycles. The second-order valence-corrected chi connectivity index (χ2v) is 8.27. The van der Waals surface area contributed by atoms with E-state index in [1.807, 2.05) is 55.5 Å². The molecule has 0 spiro atoms. The van der Waals surface area contributed by atoms with Crippen molar-refractivity contribution in [3.8, 4) is 28.7 Å². The molecule has 0 aromatic heterocycles. The Hall–Kier alpha value is -3.87. The van der Waals surface area contributed by atoms with Crippen LogP contribution >= 0.6 is 0 Å². The Balaban J connectivity index is 1.84. The molecule has 7 heteroatoms. The Morgan fingerprint density at radius 2 is 1.41 bits per heavy atom. The number of benzene rings is 3. The highest BCUT2D eigenvalue weighted by atomic mass is 16.7. The summed E-state index contributed by atoms with van der Waals surface area (Å²) in [5, 5.41) is 10.5. The van der Waals surface area contributed by atoms with Crippen molar-refractivity contribution in [3.63, 3.8) is 0 Å². The van der Waals surface area contributed by atoms with Crippen LogP contribution in [0.4, 0.5) is 0 Å². The normalized spacial score (nSPS) is 13.3. The molecule has 1 atom stereocenters. The van der Waals surface area contributed by atoms with Gasteiger partial charge in [0.1, 0.15) is 17.2 Å². The van der Waals surface area contributed by atoms with Gasteiger partial charge in [0.25, 0.3) is 0 Å². The third kappa shape index (κ3) is 4.21. The van der Waals surface area contributed by atoms with E-state index < -0.39 is 17.3 Å². The van der Waals surface area contributed by atoms with Gasteiger partial charge in [-0.25, -0.2) is 0 Å². The molecule has 1 N–H and O–H groups in total. The van der Waals surface area contributed by atoms with Crippen molar-refractivity contribution in [1.82, 2.24) is 0 Å². The zero-order valence-corrected chi connectivity index (χ0v) is 19.7. The van der Waals surface area contributed by atoms with Crippen molar-refractivity contribution in [1.29, 1.82) is 0 Å². The molecular formula is C27H28O7. The Kier molecular flexibility index (Phi) is 6.54. The fourth-order valence-electron chi connectivity index (χ4n) is 4.51. The van der Waals surface area contributed by atoms with Crippen LogP contribution in [0.2, 0.25) is 0 Å². The summed E-state index contributed by atoms with van der Waals surface area (Å²) in [5.74, 6) is 1.37. The smallest absolute Gasteiger partial charge is 0.308 e. The van der Waals surface area contributed by atoms with Crippen LogP contribution in [0.25, 0.3) is 0 Å². The van der Waals surface area contributed by atoms with E-state index in [4.69, 9.17) is 23.7 Å². The Bertz CT molecular complexity index is 1110. The van der Waals surface area contributed by atoms with Gasteiger partial charge in [0.15, 0.2) is 11.5 Å². The van der Waals surface area contributed by atoms with E-state index in [1.54, 1.807) is 33.5 Å². The monoisotopic (exact) mass is 464 g/mol. The van der Waals surface area contributed by atoms with E-state index >= 15 is 0 Å². The van der Waals surface area contributed by atoms with Gasteiger partial charge in [0, 0.05) is 11.5 Å². The largest absolute Gasteiger partial charge is 0.497 e. The Morgan fingerprint density at radius 1 is 0.882 bits per heavy atom. The molecule has 0 fully saturated rings. The predicted octanol–water partition coefficient (Wildman–Crippen LogP) is 4.69. The lowest BCUT2D eigenvalue weighted by molar-refractivity contribution is -0.143. The summed E-state index contributed by atoms with van der Waals surface area (Å²) in [5.41, 5.74) is 1.57. The van der Waals surface area contributed by atoms with Crippen LogP contribution in [-0.4, -0.2) is 39.2 Å². The van der Waals surface area contributed by atoms with Gasteiger partial charge in [-0.2, -0.15) is 0 Å². The first-order chi connectivity index (χ1) is 16.4. The zero-order chi connectivity index (χ0) is 24.3. The Morgan fingerprint density at radius 3 is 1.88 bits per heavy atom. The molecule has 1 unspecified atom stereocenters. The number of aliphatic carboxylic acids is 1. The van der Waals surface area contributed by atoms with Crippen LogP contribution in [0.3, 0.4) is 0 Å². The average Bonchev–Trinajstić information content (AvgIpc) is 2.88. The highest BCUT2D eigenvalue weighted by Gasteiger charge is 2.43. The molecule has 1 heterocycles. The summed E-state index contributed by atoms with van der Waals surface area (Å²) < 4.78 is 27.2. The first-order valence-corrected chi connectivity index (χ1v) is 10.9. The number of carboxylic acids is 1. The molecule has 34 heavy (non-hydrogen) atoms. The van der Waals surface area contributed by atoms with Gasteiger partial charge in [0.2, 0.25) is 6.79 Å². The zero-order valence-electron chi connectivity index (χ0n) is 19.7. The van der Waals surface area contributed by atoms with Gasteiger partial charge in [-0.3, -0.25) is 4.79 Å². The summed E-state index contributed by atoms with van der Waals surface area (Å²) in [7, 11) is 4.76. The minimum absolute atomic E-state index is 0.0529. The molecule has 0 saturated carbocycles. The van der Waals surface area contributed by atoms with E-state index in [0.29, 0.717) is 28.7 Å². The molecule has 0 amide bonds. The van der Waals surface area contributed by atoms with Gasteiger partial charge in [-0.1, -0.05) is 31.2 Å². The van der Waals surface area contributed by atoms with Gasteiger partial charge >= 0.3 is 5.97 Å². The molecule has 1 aliphatic rings. The van der Waals surface area contributed by atoms with Crippen LogP contribution in [0.1, 0.15) is 23.6 Å². The number of rotatable bonds is 9. The molecular weight excluding hydrogens is 436 g/mol. The van der Waals surface area contributed by atoms with Crippen molar-refractivity contribution in [2.75, 3.05) is 28.1 Å². The summed E-state index contributed by atoms with van der Waals surface area (Å²) in [4.78, 5) is 12.8. The summed E-state index contributed by atoms with van der Waals surface area (Å²) in [6, 6.07) is 18.6. The van der Waals surface area contributed by atoms with Crippen LogP contribution in [0.5, 0.6) is 28.7 Å². The first-order valence-electron chi connectivity index (χ1n) is 10.9. The molecule has 2 bridgehead atoms. The van der Waals surface area contributed by atoms with Gasteiger partial charge < -0.3 is 28.8 Å². The second kappa shape index (κ2) is 9.55. The summed E-state index contributed by atoms with van der Waals surface area (Å²) >= 11 is 0. The fourth-order valence-corrected chi connectivity index (χ4v) is 4.51. The van der Waals surface area contributed by atoms with Crippen molar-refractivity contribution < 1.29 is 33.6 Å². The number of hydrogen-bond acceptors (Lipinski definition) is 6. The molecule has 0 radical (unpaired) electrons. The SMILES string of the molecule is COc1ccc(C(C)(c2ccc(OC)cc2)C(Cc2cc(OC)c3cc2OCO3)C(=O)O)cc1. The molecule has 3 aromatic rings. The Labute approximate surface area is 198 Å². The van der Waals surface area contributed by atoms with Crippen LogP contribution in [0, 0.1) is 5.92 Å². The highest BCUT2D eigenvalue weighted by molar-refractivity contribution is 5.75. The van der Waals surface area contributed by atoms with Gasteiger partial charge in [-0.15, -0.1) is 0 Å². The lowest BCUT2D eigenvalue weighted by Crippen LogP contribution is -2.40. The highest BCUT2D eigenvalue weighted by Crippen LogP contribution is 2.45. The minimum atomic E-state index is -0.920. The van der Waals surface area contributed by atoms with Gasteiger partial charge in [0.05, 0.1) is 27.2 Å². The van der Waals surface area contributed by atoms with E-state index in [9.17, 15) is 9.90 Å². The summed E-state index contributed by atoms with van der Waals surface area (Å²) in [6.07, 6.45) is 0.218. The third-order valence-electron chi connectivity index (χ3n) is 6.57. The topological polar surface area (TPSA) is 83.5 Å². The number of carboxylic acid groups (broad SMARTS) is 1. The maximum atomic E-state index is 12.8. The first kappa shape index (κ1) is 23.3. The van der Waals surface area contributed by atoms with E-state index in [-0.39, 0.29) is 13.2 Å². The number of hydrogen-bond donors (Lipinski definition) is 1. The molecule has 7 nitrogen and oxygen atoms in total. The minimum Gasteiger partial charge on any atom is -0.497 e. The standard InChI is InChI=1S/C27H28O7/c1-27(18-5-9-20(30-2)10-6-18,19-7-11-21(31-3)12-8-19)22(26(28)29)13-17-14-24(32-4)25-15-23(17)33-16-34-25/h5-12,14-15,22H,13,16H2,1-4H3,(H,28,29). The molecule has 178 valence electrons. The summed E-state index contributed by atoms with van der Waals surface area (Å²) in [6.45, 7) is 2.01. The van der Waals surface area contributed by atoms with Crippen LogP contribution in [-0.2, 0) is 16.6 Å². The quantitative estimate of drug-likeness (QED) is 0.492. The molecule has 0 aliphatic carbocycles. The van der Waals surface area contributed by atoms with E-state index in [0.717, 1.165) is 16.7 Å². The number of ether oxygens (including phenoxy) is 5. The maximum absolute atomic E-state index is 12.8. The lowest BCUT2D eigenvalue weighted by atomic mass is 9.65. The number of methoxy groups -OCH3 is 3. The lowest BCUT2D eigenvalue weighted by Gasteiger charge is -2.37. The maximum Gasteiger partial charge on any atom is 0.308 e. The fraction of sp³-hybridized carbons (Fsp3) is 0.296. The van der Waals surface area contributed by atoms with Crippen molar-refractivity contribution in [3.05, 3.63) is 77.4 Å². The number of fused-ring (bicyclic) bond motifs is 2. The predicted molar refractivity (Wildman–Crippen MR) is 126 cm³/mol. The van der Waals surface area contributed by atoms with E-state index in [2.05, 4.69) is 0 Å². The average molecular weight is 465 g/mol.